The van der Waals surface area contributed by atoms with Gasteiger partial charge in [-0.05, 0) is 47.7 Å². The average molecular weight is 374 g/mol. The Labute approximate surface area is 161 Å². The molecule has 0 unspecified atom stereocenters. The number of amides is 1. The van der Waals surface area contributed by atoms with Gasteiger partial charge in [-0.1, -0.05) is 30.3 Å². The number of carbonyl (C=O) groups is 1. The first kappa shape index (κ1) is 17.2. The molecule has 4 aromatic rings. The predicted molar refractivity (Wildman–Crippen MR) is 110 cm³/mol. The molecule has 134 valence electrons. The van der Waals surface area contributed by atoms with Crippen LogP contribution in [-0.2, 0) is 6.42 Å². The van der Waals surface area contributed by atoms with Crippen LogP contribution in [0.25, 0.3) is 10.2 Å². The minimum Gasteiger partial charge on any atom is -0.369 e. The topological polar surface area (TPSA) is 66.9 Å². The lowest BCUT2D eigenvalue weighted by atomic mass is 10.1. The number of rotatable bonds is 6. The van der Waals surface area contributed by atoms with Crippen molar-refractivity contribution in [3.05, 3.63) is 83.5 Å². The highest BCUT2D eigenvalue weighted by Gasteiger charge is 2.06. The first-order valence-corrected chi connectivity index (χ1v) is 9.55. The number of hydrogen-bond acceptors (Lipinski definition) is 5. The maximum Gasteiger partial charge on any atom is 0.255 e. The SMILES string of the molecule is O=C(Nc1ccc(CCNc2ncnc3sccc23)cc1)c1ccccc1. The molecule has 1 amide bonds. The van der Waals surface area contributed by atoms with Crippen LogP contribution in [0.15, 0.2) is 72.4 Å². The standard InChI is InChI=1S/C21H18N4OS/c26-20(16-4-2-1-3-5-16)25-17-8-6-15(7-9-17)10-12-22-19-18-11-13-27-21(18)24-14-23-19/h1-9,11,13-14H,10,12H2,(H,25,26)(H,22,23,24). The monoisotopic (exact) mass is 374 g/mol. The molecule has 0 aliphatic carbocycles. The van der Waals surface area contributed by atoms with Crippen molar-refractivity contribution in [3.8, 4) is 0 Å². The van der Waals surface area contributed by atoms with Gasteiger partial charge in [-0.3, -0.25) is 4.79 Å². The van der Waals surface area contributed by atoms with E-state index in [1.807, 2.05) is 53.9 Å². The molecule has 0 aliphatic rings. The highest BCUT2D eigenvalue weighted by atomic mass is 32.1. The van der Waals surface area contributed by atoms with Crippen LogP contribution >= 0.6 is 11.3 Å². The average Bonchev–Trinajstić information content (AvgIpc) is 3.20. The van der Waals surface area contributed by atoms with Crippen molar-refractivity contribution >= 4 is 39.0 Å². The molecule has 27 heavy (non-hydrogen) atoms. The van der Waals surface area contributed by atoms with Gasteiger partial charge in [-0.2, -0.15) is 0 Å². The van der Waals surface area contributed by atoms with E-state index < -0.39 is 0 Å². The Bertz CT molecular complexity index is 1040. The summed E-state index contributed by atoms with van der Waals surface area (Å²) in [5, 5.41) is 9.37. The summed E-state index contributed by atoms with van der Waals surface area (Å²) >= 11 is 1.61. The van der Waals surface area contributed by atoms with Crippen LogP contribution in [0.2, 0.25) is 0 Å². The van der Waals surface area contributed by atoms with E-state index in [4.69, 9.17) is 0 Å². The molecule has 2 N–H and O–H groups in total. The van der Waals surface area contributed by atoms with Gasteiger partial charge in [0.1, 0.15) is 17.0 Å². The molecule has 2 aromatic carbocycles. The third-order valence-electron chi connectivity index (χ3n) is 4.22. The van der Waals surface area contributed by atoms with Crippen LogP contribution in [0.1, 0.15) is 15.9 Å². The number of thiophene rings is 1. The molecule has 0 radical (unpaired) electrons. The van der Waals surface area contributed by atoms with Crippen LogP contribution < -0.4 is 10.6 Å². The Morgan fingerprint density at radius 1 is 0.963 bits per heavy atom. The molecular weight excluding hydrogens is 356 g/mol. The van der Waals surface area contributed by atoms with Gasteiger partial charge >= 0.3 is 0 Å². The molecule has 6 heteroatoms. The molecule has 0 spiro atoms. The van der Waals surface area contributed by atoms with Crippen LogP contribution in [0, 0.1) is 0 Å². The normalized spacial score (nSPS) is 10.7. The van der Waals surface area contributed by atoms with Crippen LogP contribution in [0.5, 0.6) is 0 Å². The first-order valence-electron chi connectivity index (χ1n) is 8.67. The molecule has 0 saturated heterocycles. The van der Waals surface area contributed by atoms with Crippen molar-refractivity contribution in [3.63, 3.8) is 0 Å². The fraction of sp³-hybridized carbons (Fsp3) is 0.0952. The number of nitrogens with one attached hydrogen (secondary N) is 2. The van der Waals surface area contributed by atoms with Gasteiger partial charge in [-0.15, -0.1) is 11.3 Å². The third-order valence-corrected chi connectivity index (χ3v) is 5.04. The van der Waals surface area contributed by atoms with Crippen molar-refractivity contribution < 1.29 is 4.79 Å². The Morgan fingerprint density at radius 3 is 2.59 bits per heavy atom. The minimum atomic E-state index is -0.103. The second-order valence-electron chi connectivity index (χ2n) is 6.06. The zero-order valence-corrected chi connectivity index (χ0v) is 15.4. The van der Waals surface area contributed by atoms with Gasteiger partial charge in [0.25, 0.3) is 5.91 Å². The Kier molecular flexibility index (Phi) is 5.07. The second-order valence-corrected chi connectivity index (χ2v) is 6.95. The maximum absolute atomic E-state index is 12.2. The molecule has 0 atom stereocenters. The van der Waals surface area contributed by atoms with E-state index in [-0.39, 0.29) is 5.91 Å². The lowest BCUT2D eigenvalue weighted by molar-refractivity contribution is 0.102. The zero-order valence-electron chi connectivity index (χ0n) is 14.6. The smallest absolute Gasteiger partial charge is 0.255 e. The Balaban J connectivity index is 1.33. The van der Waals surface area contributed by atoms with Gasteiger partial charge in [0.2, 0.25) is 0 Å². The molecular formula is C21H18N4OS. The van der Waals surface area contributed by atoms with Gasteiger partial charge < -0.3 is 10.6 Å². The summed E-state index contributed by atoms with van der Waals surface area (Å²) in [6, 6.07) is 19.1. The van der Waals surface area contributed by atoms with E-state index in [1.165, 1.54) is 5.56 Å². The molecule has 0 fully saturated rings. The zero-order chi connectivity index (χ0) is 18.5. The summed E-state index contributed by atoms with van der Waals surface area (Å²) in [6.07, 6.45) is 2.45. The highest BCUT2D eigenvalue weighted by Crippen LogP contribution is 2.23. The number of hydrogen-bond donors (Lipinski definition) is 2. The third kappa shape index (κ3) is 4.12. The van der Waals surface area contributed by atoms with Gasteiger partial charge in [0.05, 0.1) is 5.39 Å². The van der Waals surface area contributed by atoms with Crippen LogP contribution in [0.4, 0.5) is 11.5 Å². The van der Waals surface area contributed by atoms with Gasteiger partial charge in [0.15, 0.2) is 0 Å². The number of fused-ring (bicyclic) bond motifs is 1. The largest absolute Gasteiger partial charge is 0.369 e. The molecule has 0 aliphatic heterocycles. The van der Waals surface area contributed by atoms with Crippen molar-refractivity contribution in [2.45, 2.75) is 6.42 Å². The van der Waals surface area contributed by atoms with E-state index in [0.29, 0.717) is 5.56 Å². The van der Waals surface area contributed by atoms with E-state index in [9.17, 15) is 4.79 Å². The van der Waals surface area contributed by atoms with Crippen molar-refractivity contribution in [1.82, 2.24) is 9.97 Å². The van der Waals surface area contributed by atoms with E-state index in [0.717, 1.165) is 34.7 Å². The number of anilines is 2. The summed E-state index contributed by atoms with van der Waals surface area (Å²) in [4.78, 5) is 21.8. The molecule has 5 nitrogen and oxygen atoms in total. The van der Waals surface area contributed by atoms with Crippen LogP contribution in [0.3, 0.4) is 0 Å². The molecule has 2 aromatic heterocycles. The summed E-state index contributed by atoms with van der Waals surface area (Å²) in [6.45, 7) is 0.775. The van der Waals surface area contributed by atoms with Crippen molar-refractivity contribution in [1.29, 1.82) is 0 Å². The fourth-order valence-corrected chi connectivity index (χ4v) is 3.54. The second kappa shape index (κ2) is 7.97. The lowest BCUT2D eigenvalue weighted by Gasteiger charge is -2.08. The van der Waals surface area contributed by atoms with Crippen LogP contribution in [-0.4, -0.2) is 22.4 Å². The summed E-state index contributed by atoms with van der Waals surface area (Å²) in [5.74, 6) is 0.765. The fourth-order valence-electron chi connectivity index (χ4n) is 2.80. The van der Waals surface area contributed by atoms with E-state index in [1.54, 1.807) is 29.8 Å². The van der Waals surface area contributed by atoms with E-state index >= 15 is 0 Å². The quantitative estimate of drug-likeness (QED) is 0.518. The molecule has 2 heterocycles. The lowest BCUT2D eigenvalue weighted by Crippen LogP contribution is -2.11. The number of aromatic nitrogens is 2. The number of nitrogens with zero attached hydrogens (tertiary/aromatic N) is 2. The minimum absolute atomic E-state index is 0.103. The summed E-state index contributed by atoms with van der Waals surface area (Å²) < 4.78 is 0. The maximum atomic E-state index is 12.2. The van der Waals surface area contributed by atoms with E-state index in [2.05, 4.69) is 20.6 Å². The molecule has 4 rings (SSSR count). The Hall–Kier alpha value is -3.25. The van der Waals surface area contributed by atoms with Crippen molar-refractivity contribution in [2.75, 3.05) is 17.2 Å². The van der Waals surface area contributed by atoms with Crippen molar-refractivity contribution in [2.24, 2.45) is 0 Å². The first-order chi connectivity index (χ1) is 13.3. The van der Waals surface area contributed by atoms with Gasteiger partial charge in [0, 0.05) is 17.8 Å². The highest BCUT2D eigenvalue weighted by molar-refractivity contribution is 7.16. The molecule has 0 bridgehead atoms. The summed E-state index contributed by atoms with van der Waals surface area (Å²) in [7, 11) is 0. The number of benzene rings is 2. The molecule has 0 saturated carbocycles. The Morgan fingerprint density at radius 2 is 1.78 bits per heavy atom. The number of carbonyl (C=O) groups excluding carboxylic acids is 1. The summed E-state index contributed by atoms with van der Waals surface area (Å²) in [5.41, 5.74) is 2.63. The van der Waals surface area contributed by atoms with Gasteiger partial charge in [-0.25, -0.2) is 9.97 Å². The predicted octanol–water partition coefficient (Wildman–Crippen LogP) is 4.60.